The molecule has 8 aliphatic heterocycles. The van der Waals surface area contributed by atoms with Gasteiger partial charge in [-0.05, 0) is 115 Å². The molecule has 4 aromatic rings. The lowest BCUT2D eigenvalue weighted by molar-refractivity contribution is -0.163. The molecule has 10 heterocycles. The summed E-state index contributed by atoms with van der Waals surface area (Å²) in [6.07, 6.45) is 5.27. The number of benzene rings is 2. The first-order valence-electron chi connectivity index (χ1n) is 36.2. The highest BCUT2D eigenvalue weighted by Crippen LogP contribution is 2.59. The number of nitrogens with two attached hydrogens (primary N) is 2. The number of fused-ring (bicyclic) bond motifs is 3. The minimum Gasteiger partial charge on any atom is -0.477 e. The monoisotopic (exact) mass is 1660 g/mol. The third-order valence-electron chi connectivity index (χ3n) is 19.6. The SMILES string of the molecule is C=CCOC(=O)C1=C(OP(=O)(Oc2ccccc2)Oc2ccccc2)[C@H](C)[C@@H]2[C@@H]([C@@H](C)O[Si](C)(C)C)C(=O)N12.C=CCOC(=O)C1=C(Sc2nc(C3=CCN(C)[C@H](COC(N)=O)C3)cs2)[C@H](C)[C@@H]2[C@@H]([C@@H](C)O[Si](C)(C)C)C(=O)N12.C[C@@H](O)[C@H]1C(=O)N2C(C(=O)O)=C(Sc3nc(C4=CCN[C@H](COC(N)=O)C4)cs3)[C@H](C)[C@H]12. The molecule has 111 heavy (non-hydrogen) atoms. The number of aliphatic carboxylic acids is 1. The molecule has 0 unspecified atom stereocenters. The van der Waals surface area contributed by atoms with Crippen LogP contribution in [-0.4, -0.2) is 199 Å². The van der Waals surface area contributed by atoms with Gasteiger partial charge in [0.1, 0.15) is 55.1 Å². The fourth-order valence-electron chi connectivity index (χ4n) is 14.8. The zero-order valence-corrected chi connectivity index (χ0v) is 70.2. The minimum atomic E-state index is -4.42. The highest BCUT2D eigenvalue weighted by Gasteiger charge is 2.65. The second kappa shape index (κ2) is 35.9. The number of rotatable bonds is 30. The van der Waals surface area contributed by atoms with Crippen molar-refractivity contribution in [3.8, 4) is 11.5 Å². The number of ether oxygens (including phenoxy) is 4. The van der Waals surface area contributed by atoms with Gasteiger partial charge in [0.05, 0.1) is 65.6 Å². The van der Waals surface area contributed by atoms with E-state index in [2.05, 4.69) is 54.1 Å². The number of carboxylic acid groups (broad SMARTS) is 1. The normalized spacial score (nSPS) is 24.9. The zero-order chi connectivity index (χ0) is 80.9. The molecule has 7 N–H and O–H groups in total. The highest BCUT2D eigenvalue weighted by atomic mass is 32.2. The first-order valence-corrected chi connectivity index (χ1v) is 47.9. The van der Waals surface area contributed by atoms with E-state index in [9.17, 15) is 53.1 Å². The quantitative estimate of drug-likeness (QED) is 0.00808. The second-order valence-electron chi connectivity index (χ2n) is 29.7. The lowest BCUT2D eigenvalue weighted by atomic mass is 9.79. The number of hydrogen-bond donors (Lipinski definition) is 5. The Labute approximate surface area is 663 Å². The van der Waals surface area contributed by atoms with E-state index >= 15 is 0 Å². The van der Waals surface area contributed by atoms with Crippen LogP contribution in [0.4, 0.5) is 9.59 Å². The van der Waals surface area contributed by atoms with E-state index in [-0.39, 0.29) is 127 Å². The number of aliphatic hydroxyl groups is 1. The van der Waals surface area contributed by atoms with Crippen molar-refractivity contribution in [1.29, 1.82) is 0 Å². The molecular weight excluding hydrogens is 1560 g/mol. The Hall–Kier alpha value is -8.20. The van der Waals surface area contributed by atoms with Crippen molar-refractivity contribution in [3.63, 3.8) is 0 Å². The largest absolute Gasteiger partial charge is 0.646 e. The Morgan fingerprint density at radius 2 is 1.08 bits per heavy atom. The number of nitrogens with zero attached hydrogens (tertiary/aromatic N) is 6. The molecule has 36 heteroatoms. The Bertz CT molecular complexity index is 4380. The summed E-state index contributed by atoms with van der Waals surface area (Å²) in [6.45, 7) is 32.4. The molecule has 3 fully saturated rings. The first kappa shape index (κ1) is 85.2. The molecule has 3 saturated heterocycles. The number of amides is 5. The predicted molar refractivity (Wildman–Crippen MR) is 424 cm³/mol. The standard InChI is InChI=1S/C28H34NO8PSi.C27H38N4O6S2Si.C20H24N4O6S2/c1-7-18-33-28(31)25-26(19(2)24-23(27(30)29(24)25)20(3)37-39(4,5)6)36-38(32,34-21-14-10-8-11-15-21)35-22-16-12-9-13-17-22;1-8-11-35-25(33)22-23(15(2)21-20(24(32)31(21)22)16(3)37-40(5,6)7)39-27-29-19(14-38-27)17-9-10-30(4)18(12-17)13-36-26(28)34;1-8-14-13(9(2)25)17(26)24(14)15(18(27)28)16(8)32-20-23-12(7-31-20)10-3-4-22-11(5-10)6-30-19(21)29/h7-17,19-20,23-24H,1,18H2,2-6H3;8-9,14-16,18,20-21H,1,10-13H2,2-7H3,(H2,28,34);3,7-9,11,13-14,22,25H,4-6H2,1-2H3,(H2,21,29)(H,27,28)/t19-,20-,23-,24-;15-,16-,18+,20-,21-;8-,9-,11+,13-,14-/m111/s1. The summed E-state index contributed by atoms with van der Waals surface area (Å²) in [7, 11) is -6.28. The number of esters is 2. The number of thioether (sulfide) groups is 2. The molecule has 0 bridgehead atoms. The maximum Gasteiger partial charge on any atom is 0.646 e. The molecule has 14 atom stereocenters. The van der Waals surface area contributed by atoms with E-state index in [1.54, 1.807) is 79.4 Å². The van der Waals surface area contributed by atoms with E-state index in [0.29, 0.717) is 40.9 Å². The number of nitrogens with one attached hydrogen (secondary N) is 1. The number of hydrogen-bond acceptors (Lipinski definition) is 27. The van der Waals surface area contributed by atoms with Gasteiger partial charge in [-0.25, -0.2) is 33.9 Å². The number of likely N-dealkylation sites (N-methyl/N-ethyl adjacent to an activating group) is 1. The van der Waals surface area contributed by atoms with Gasteiger partial charge in [-0.15, -0.1) is 22.7 Å². The average molecular weight is 1660 g/mol. The predicted octanol–water partition coefficient (Wildman–Crippen LogP) is 11.2. The van der Waals surface area contributed by atoms with Crippen LogP contribution in [0.25, 0.3) is 11.1 Å². The summed E-state index contributed by atoms with van der Waals surface area (Å²) in [5.74, 6) is -5.01. The number of primary amides is 2. The number of para-hydroxylation sites is 2. The van der Waals surface area contributed by atoms with Gasteiger partial charge in [-0.1, -0.05) is 118 Å². The fourth-order valence-corrected chi connectivity index (χ4v) is 22.9. The minimum absolute atomic E-state index is 0.000288. The number of carbonyl (C=O) groups is 8. The lowest BCUT2D eigenvalue weighted by Gasteiger charge is -2.48. The molecule has 0 spiro atoms. The van der Waals surface area contributed by atoms with Crippen molar-refractivity contribution in [2.24, 2.45) is 47.0 Å². The van der Waals surface area contributed by atoms with Gasteiger partial charge >= 0.3 is 37.9 Å². The maximum absolute atomic E-state index is 14.2. The number of aromatic nitrogens is 2. The molecule has 2 aromatic heterocycles. The highest BCUT2D eigenvalue weighted by molar-refractivity contribution is 8.05. The van der Waals surface area contributed by atoms with E-state index in [1.807, 2.05) is 71.2 Å². The van der Waals surface area contributed by atoms with Gasteiger partial charge in [0.2, 0.25) is 17.7 Å². The number of phosphoric ester groups is 1. The van der Waals surface area contributed by atoms with Crippen LogP contribution in [0.5, 0.6) is 11.5 Å². The van der Waals surface area contributed by atoms with Gasteiger partial charge in [0.25, 0.3) is 0 Å². The van der Waals surface area contributed by atoms with Crippen molar-refractivity contribution >= 4 is 130 Å². The fraction of sp³-hybridized carbons (Fsp3) is 0.467. The number of β-lactam (4-membered cyclic amide) rings is 3. The van der Waals surface area contributed by atoms with E-state index in [0.717, 1.165) is 31.8 Å². The third kappa shape index (κ3) is 19.5. The number of carbonyl (C=O) groups excluding carboxylic acids is 7. The number of carboxylic acids is 1. The van der Waals surface area contributed by atoms with Crippen LogP contribution < -0.4 is 25.8 Å². The second-order valence-corrected chi connectivity index (χ2v) is 44.4. The van der Waals surface area contributed by atoms with Crippen LogP contribution >= 0.6 is 54.0 Å². The Balaban J connectivity index is 0.000000178. The van der Waals surface area contributed by atoms with Crippen LogP contribution in [0.15, 0.2) is 150 Å². The molecule has 2 aromatic carbocycles. The Morgan fingerprint density at radius 3 is 1.56 bits per heavy atom. The molecule has 5 amide bonds. The van der Waals surface area contributed by atoms with Crippen LogP contribution in [0.3, 0.4) is 0 Å². The smallest absolute Gasteiger partial charge is 0.477 e. The lowest BCUT2D eigenvalue weighted by Crippen LogP contribution is -2.64. The zero-order valence-electron chi connectivity index (χ0n) is 64.1. The Morgan fingerprint density at radius 1 is 0.640 bits per heavy atom. The van der Waals surface area contributed by atoms with Gasteiger partial charge in [-0.2, -0.15) is 4.57 Å². The molecule has 8 aliphatic rings. The van der Waals surface area contributed by atoms with Gasteiger partial charge in [0, 0.05) is 63.5 Å². The molecule has 12 rings (SSSR count). The van der Waals surface area contributed by atoms with Crippen molar-refractivity contribution in [3.05, 3.63) is 153 Å². The first-order chi connectivity index (χ1) is 52.4. The molecule has 0 saturated carbocycles. The van der Waals surface area contributed by atoms with Crippen LogP contribution in [0.1, 0.15) is 65.8 Å². The van der Waals surface area contributed by atoms with Gasteiger partial charge in [-0.3, -0.25) is 24.2 Å². The van der Waals surface area contributed by atoms with Crippen molar-refractivity contribution in [1.82, 2.24) is 34.9 Å². The molecular formula is C75H96N9O20PS4Si2. The molecule has 0 radical (unpaired) electrons. The van der Waals surface area contributed by atoms with Crippen LogP contribution in [-0.2, 0) is 65.7 Å². The van der Waals surface area contributed by atoms with Crippen LogP contribution in [0, 0.1) is 35.5 Å². The average Bonchev–Trinajstić information content (AvgIpc) is 1.57. The maximum atomic E-state index is 14.2. The van der Waals surface area contributed by atoms with E-state index < -0.39 is 84.5 Å². The molecule has 598 valence electrons. The van der Waals surface area contributed by atoms with E-state index in [1.165, 1.54) is 68.1 Å². The van der Waals surface area contributed by atoms with Crippen LogP contribution in [0.2, 0.25) is 39.3 Å². The van der Waals surface area contributed by atoms with E-state index in [4.69, 9.17) is 57.8 Å². The third-order valence-corrected chi connectivity index (χ3v) is 27.4. The molecule has 0 aliphatic carbocycles. The van der Waals surface area contributed by atoms with Crippen molar-refractivity contribution in [2.75, 3.05) is 46.6 Å². The van der Waals surface area contributed by atoms with Crippen molar-refractivity contribution < 1.29 is 94.5 Å². The van der Waals surface area contributed by atoms with Crippen molar-refractivity contribution in [2.45, 2.75) is 151 Å². The Kier molecular flexibility index (Phi) is 27.6. The number of aliphatic hydroxyl groups excluding tert-OH is 1. The summed E-state index contributed by atoms with van der Waals surface area (Å²) in [5, 5.41) is 26.9. The van der Waals surface area contributed by atoms with Gasteiger partial charge in [0.15, 0.2) is 31.0 Å². The number of phosphoric acid groups is 1. The van der Waals surface area contributed by atoms with Gasteiger partial charge < -0.3 is 78.2 Å². The summed E-state index contributed by atoms with van der Waals surface area (Å²) >= 11 is 5.57. The summed E-state index contributed by atoms with van der Waals surface area (Å²) in [5.41, 5.74) is 14.1. The summed E-state index contributed by atoms with van der Waals surface area (Å²) < 4.78 is 66.3. The molecule has 29 nitrogen and oxygen atoms in total. The number of thiazole rings is 2. The topological polar surface area (TPSA) is 380 Å². The summed E-state index contributed by atoms with van der Waals surface area (Å²) in [6, 6.07) is 15.8. The summed E-state index contributed by atoms with van der Waals surface area (Å²) in [4.78, 5) is 117.